The minimum Gasteiger partial charge on any atom is -0.310 e. The second-order valence-electron chi connectivity index (χ2n) is 5.82. The van der Waals surface area contributed by atoms with Crippen LogP contribution in [0, 0.1) is 18.6 Å². The Morgan fingerprint density at radius 3 is 2.55 bits per heavy atom. The van der Waals surface area contributed by atoms with E-state index in [4.69, 9.17) is 0 Å². The normalized spacial score (nSPS) is 25.6. The smallest absolute Gasteiger partial charge is 0.246 e. The van der Waals surface area contributed by atoms with E-state index in [1.807, 2.05) is 0 Å². The first-order valence-corrected chi connectivity index (χ1v) is 8.54. The Morgan fingerprint density at radius 1 is 1.14 bits per heavy atom. The van der Waals surface area contributed by atoms with Crippen molar-refractivity contribution in [3.8, 4) is 0 Å². The quantitative estimate of drug-likeness (QED) is 0.887. The maximum Gasteiger partial charge on any atom is 0.246 e. The summed E-state index contributed by atoms with van der Waals surface area (Å²) >= 11 is 0. The van der Waals surface area contributed by atoms with Gasteiger partial charge in [0, 0.05) is 31.2 Å². The number of halogens is 3. The number of sulfonamides is 1. The van der Waals surface area contributed by atoms with Crippen LogP contribution in [0.5, 0.6) is 0 Å². The summed E-state index contributed by atoms with van der Waals surface area (Å²) in [4.78, 5) is -0.431. The molecule has 1 aromatic rings. The molecule has 0 saturated carbocycles. The van der Waals surface area contributed by atoms with Gasteiger partial charge in [0.25, 0.3) is 0 Å². The minimum atomic E-state index is -3.93. The summed E-state index contributed by atoms with van der Waals surface area (Å²) in [6, 6.07) is 2.19. The molecule has 8 heteroatoms. The van der Waals surface area contributed by atoms with E-state index in [1.54, 1.807) is 0 Å². The van der Waals surface area contributed by atoms with Gasteiger partial charge in [0.05, 0.1) is 0 Å². The molecule has 2 bridgehead atoms. The fourth-order valence-electron chi connectivity index (χ4n) is 3.10. The van der Waals surface area contributed by atoms with E-state index in [0.717, 1.165) is 25.3 Å². The van der Waals surface area contributed by atoms with Crippen LogP contribution in [0.15, 0.2) is 17.0 Å². The lowest BCUT2D eigenvalue weighted by Gasteiger charge is -2.24. The van der Waals surface area contributed by atoms with Crippen molar-refractivity contribution in [1.82, 2.24) is 9.62 Å². The summed E-state index contributed by atoms with van der Waals surface area (Å²) in [7, 11) is -3.93. The van der Waals surface area contributed by atoms with Gasteiger partial charge >= 0.3 is 0 Å². The first-order chi connectivity index (χ1) is 9.88. The molecule has 3 rings (SSSR count). The van der Waals surface area contributed by atoms with Gasteiger partial charge in [-0.05, 0) is 37.8 Å². The van der Waals surface area contributed by atoms with Gasteiger partial charge in [0.2, 0.25) is 10.0 Å². The Morgan fingerprint density at radius 2 is 1.82 bits per heavy atom. The molecule has 1 aromatic carbocycles. The van der Waals surface area contributed by atoms with Crippen LogP contribution in [0.25, 0.3) is 0 Å². The molecule has 2 fully saturated rings. The third-order valence-corrected chi connectivity index (χ3v) is 6.20. The van der Waals surface area contributed by atoms with E-state index in [1.165, 1.54) is 11.2 Å². The highest BCUT2D eigenvalue weighted by Gasteiger charge is 2.36. The van der Waals surface area contributed by atoms with E-state index in [2.05, 4.69) is 5.32 Å². The molecule has 2 atom stereocenters. The maximum absolute atomic E-state index is 13.9. The van der Waals surface area contributed by atoms with Crippen molar-refractivity contribution in [2.45, 2.75) is 43.2 Å². The lowest BCUT2D eigenvalue weighted by atomic mass is 10.1. The fourth-order valence-corrected chi connectivity index (χ4v) is 4.73. The lowest BCUT2D eigenvalue weighted by Crippen LogP contribution is -2.39. The van der Waals surface area contributed by atoms with Crippen LogP contribution in [0.1, 0.15) is 24.8 Å². The highest BCUT2D eigenvalue weighted by Crippen LogP contribution is 2.27. The largest absolute Gasteiger partial charge is 0.310 e. The van der Waals surface area contributed by atoms with Crippen LogP contribution in [0.3, 0.4) is 0 Å². The molecule has 2 heterocycles. The number of rotatable bonds is 2. The number of nitrogens with zero attached hydrogens (tertiary/aromatic N) is 1. The number of fused-ring (bicyclic) bond motifs is 2. The molecule has 124 valence electrons. The zero-order chi connectivity index (χ0) is 15.2. The average molecular weight is 353 g/mol. The monoisotopic (exact) mass is 352 g/mol. The summed E-state index contributed by atoms with van der Waals surface area (Å²) in [5.41, 5.74) is 0.129. The zero-order valence-corrected chi connectivity index (χ0v) is 13.8. The van der Waals surface area contributed by atoms with Crippen LogP contribution in [0.2, 0.25) is 0 Å². The van der Waals surface area contributed by atoms with Gasteiger partial charge in [-0.1, -0.05) is 0 Å². The first kappa shape index (κ1) is 17.6. The molecule has 2 unspecified atom stereocenters. The molecular formula is C14H19ClF2N2O2S. The topological polar surface area (TPSA) is 49.4 Å². The molecule has 4 nitrogen and oxygen atoms in total. The van der Waals surface area contributed by atoms with Gasteiger partial charge in [-0.25, -0.2) is 17.2 Å². The van der Waals surface area contributed by atoms with Crippen molar-refractivity contribution >= 4 is 22.4 Å². The molecule has 22 heavy (non-hydrogen) atoms. The predicted octanol–water partition coefficient (Wildman–Crippen LogP) is 2.21. The first-order valence-electron chi connectivity index (χ1n) is 7.10. The number of hydrogen-bond acceptors (Lipinski definition) is 3. The molecule has 2 aliphatic rings. The van der Waals surface area contributed by atoms with E-state index >= 15 is 0 Å². The van der Waals surface area contributed by atoms with Gasteiger partial charge in [0.15, 0.2) is 0 Å². The van der Waals surface area contributed by atoms with Crippen LogP contribution in [0.4, 0.5) is 8.78 Å². The van der Waals surface area contributed by atoms with Crippen molar-refractivity contribution in [1.29, 1.82) is 0 Å². The number of hydrogen-bond donors (Lipinski definition) is 1. The summed E-state index contributed by atoms with van der Waals surface area (Å²) in [6.45, 7) is 2.14. The summed E-state index contributed by atoms with van der Waals surface area (Å²) in [5.74, 6) is -1.76. The third kappa shape index (κ3) is 3.13. The molecule has 2 saturated heterocycles. The van der Waals surface area contributed by atoms with Crippen molar-refractivity contribution in [2.75, 3.05) is 13.1 Å². The summed E-state index contributed by atoms with van der Waals surface area (Å²) < 4.78 is 53.8. The van der Waals surface area contributed by atoms with Gasteiger partial charge in [-0.15, -0.1) is 12.4 Å². The van der Waals surface area contributed by atoms with E-state index in [9.17, 15) is 17.2 Å². The molecule has 0 spiro atoms. The van der Waals surface area contributed by atoms with E-state index in [-0.39, 0.29) is 24.0 Å². The molecule has 1 N–H and O–H groups in total. The average Bonchev–Trinajstić information content (AvgIpc) is 2.72. The predicted molar refractivity (Wildman–Crippen MR) is 81.7 cm³/mol. The van der Waals surface area contributed by atoms with Gasteiger partial charge in [0.1, 0.15) is 16.5 Å². The highest BCUT2D eigenvalue weighted by atomic mass is 35.5. The Balaban J connectivity index is 0.00000176. The Kier molecular flexibility index (Phi) is 5.11. The van der Waals surface area contributed by atoms with Crippen molar-refractivity contribution in [3.05, 3.63) is 29.3 Å². The van der Waals surface area contributed by atoms with Gasteiger partial charge in [-0.2, -0.15) is 4.31 Å². The lowest BCUT2D eigenvalue weighted by molar-refractivity contribution is 0.380. The maximum atomic E-state index is 13.9. The molecule has 0 aromatic heterocycles. The third-order valence-electron chi connectivity index (χ3n) is 4.32. The SMILES string of the molecule is Cc1cc(S(=O)(=O)N2CCC3CCC(C2)N3)c(F)cc1F.Cl. The fraction of sp³-hybridized carbons (Fsp3) is 0.571. The van der Waals surface area contributed by atoms with Crippen LogP contribution >= 0.6 is 12.4 Å². The standard InChI is InChI=1S/C14H18F2N2O2S.ClH/c1-9-6-14(13(16)7-12(9)15)21(19,20)18-5-4-10-2-3-11(8-18)17-10;/h6-7,10-11,17H,2-5,8H2,1H3;1H. The Hall–Kier alpha value is -0.760. The molecule has 2 aliphatic heterocycles. The van der Waals surface area contributed by atoms with Crippen LogP contribution in [-0.4, -0.2) is 37.9 Å². The van der Waals surface area contributed by atoms with E-state index in [0.29, 0.717) is 25.2 Å². The zero-order valence-electron chi connectivity index (χ0n) is 12.2. The summed E-state index contributed by atoms with van der Waals surface area (Å²) in [6.07, 6.45) is 2.71. The number of benzene rings is 1. The Bertz CT molecular complexity index is 669. The van der Waals surface area contributed by atoms with Crippen molar-refractivity contribution in [2.24, 2.45) is 0 Å². The van der Waals surface area contributed by atoms with Crippen LogP contribution in [-0.2, 0) is 10.0 Å². The number of aryl methyl sites for hydroxylation is 1. The molecule has 0 radical (unpaired) electrons. The van der Waals surface area contributed by atoms with Crippen LogP contribution < -0.4 is 5.32 Å². The van der Waals surface area contributed by atoms with Crippen molar-refractivity contribution in [3.63, 3.8) is 0 Å². The number of nitrogens with one attached hydrogen (secondary N) is 1. The van der Waals surface area contributed by atoms with Gasteiger partial charge in [-0.3, -0.25) is 0 Å². The summed E-state index contributed by atoms with van der Waals surface area (Å²) in [5, 5.41) is 3.38. The highest BCUT2D eigenvalue weighted by molar-refractivity contribution is 7.89. The molecular weight excluding hydrogens is 334 g/mol. The second kappa shape index (κ2) is 6.39. The second-order valence-corrected chi connectivity index (χ2v) is 7.73. The minimum absolute atomic E-state index is 0. The van der Waals surface area contributed by atoms with Crippen molar-refractivity contribution < 1.29 is 17.2 Å². The van der Waals surface area contributed by atoms with Gasteiger partial charge < -0.3 is 5.32 Å². The van der Waals surface area contributed by atoms with E-state index < -0.39 is 26.6 Å². The molecule has 0 aliphatic carbocycles. The molecule has 0 amide bonds. The Labute approximate surface area is 135 Å².